The van der Waals surface area contributed by atoms with E-state index < -0.39 is 26.5 Å². The number of carbonyl (C=O) groups is 2. The number of esters is 2. The molecule has 0 rings (SSSR count). The van der Waals surface area contributed by atoms with E-state index in [2.05, 4.69) is 111 Å². The molecule has 0 bridgehead atoms. The van der Waals surface area contributed by atoms with E-state index in [0.29, 0.717) is 6.42 Å². The van der Waals surface area contributed by atoms with Crippen LogP contribution in [0.25, 0.3) is 0 Å². The molecule has 10 heteroatoms. The molecule has 0 aliphatic carbocycles. The van der Waals surface area contributed by atoms with Gasteiger partial charge in [-0.1, -0.05) is 207 Å². The third-order valence-corrected chi connectivity index (χ3v) is 11.2. The number of rotatable bonds is 46. The number of hydrogen-bond acceptors (Lipinski definition) is 8. The lowest BCUT2D eigenvalue weighted by Gasteiger charge is -2.19. The summed E-state index contributed by atoms with van der Waals surface area (Å²) in [4.78, 5) is 35.0. The predicted molar refractivity (Wildman–Crippen MR) is 270 cm³/mol. The normalized spacial score (nSPS) is 14.0. The number of phosphoric ester groups is 1. The molecule has 0 aromatic rings. The number of hydrogen-bond donors (Lipinski definition) is 2. The number of allylic oxidation sites excluding steroid dienone is 16. The molecule has 0 saturated carbocycles. The Morgan fingerprint density at radius 2 is 0.859 bits per heavy atom. The molecule has 0 aliphatic heterocycles. The van der Waals surface area contributed by atoms with Gasteiger partial charge in [0.15, 0.2) is 6.10 Å². The minimum absolute atomic E-state index is 0.0469. The van der Waals surface area contributed by atoms with Gasteiger partial charge in [-0.05, 0) is 77.0 Å². The van der Waals surface area contributed by atoms with Gasteiger partial charge >= 0.3 is 19.8 Å². The highest BCUT2D eigenvalue weighted by Crippen LogP contribution is 2.43. The molecule has 0 amide bonds. The molecule has 0 aliphatic rings. The van der Waals surface area contributed by atoms with Gasteiger partial charge in [0, 0.05) is 19.4 Å². The highest BCUT2D eigenvalue weighted by molar-refractivity contribution is 7.47. The minimum atomic E-state index is -4.39. The average Bonchev–Trinajstić information content (AvgIpc) is 3.28. The van der Waals surface area contributed by atoms with Crippen LogP contribution in [0.3, 0.4) is 0 Å². The summed E-state index contributed by atoms with van der Waals surface area (Å²) >= 11 is 0. The van der Waals surface area contributed by atoms with Crippen molar-refractivity contribution in [1.82, 2.24) is 0 Å². The van der Waals surface area contributed by atoms with Gasteiger partial charge in [0.1, 0.15) is 6.61 Å². The number of carbonyl (C=O) groups excluding carboxylic acids is 2. The van der Waals surface area contributed by atoms with Crippen molar-refractivity contribution < 1.29 is 37.6 Å². The van der Waals surface area contributed by atoms with Crippen LogP contribution in [-0.4, -0.2) is 49.3 Å². The van der Waals surface area contributed by atoms with Crippen LogP contribution in [0.15, 0.2) is 97.2 Å². The van der Waals surface area contributed by atoms with Crippen LogP contribution >= 0.6 is 7.82 Å². The highest BCUT2D eigenvalue weighted by Gasteiger charge is 2.26. The Bertz CT molecular complexity index is 1360. The molecular weight excluding hydrogens is 822 g/mol. The summed E-state index contributed by atoms with van der Waals surface area (Å²) in [5.41, 5.74) is 5.36. The minimum Gasteiger partial charge on any atom is -0.462 e. The topological polar surface area (TPSA) is 134 Å². The van der Waals surface area contributed by atoms with Gasteiger partial charge in [0.25, 0.3) is 0 Å². The van der Waals surface area contributed by atoms with Crippen LogP contribution in [0.5, 0.6) is 0 Å². The fraction of sp³-hybridized carbons (Fsp3) is 0.667. The molecule has 366 valence electrons. The van der Waals surface area contributed by atoms with Crippen molar-refractivity contribution in [2.75, 3.05) is 26.4 Å². The van der Waals surface area contributed by atoms with Crippen molar-refractivity contribution in [3.63, 3.8) is 0 Å². The zero-order valence-electron chi connectivity index (χ0n) is 40.5. The number of ether oxygens (including phenoxy) is 2. The molecule has 0 saturated heterocycles. The van der Waals surface area contributed by atoms with Crippen LogP contribution in [0.4, 0.5) is 0 Å². The summed E-state index contributed by atoms with van der Waals surface area (Å²) in [6.07, 6.45) is 64.5. The molecule has 2 unspecified atom stereocenters. The molecule has 2 atom stereocenters. The Balaban J connectivity index is 4.08. The number of unbranched alkanes of at least 4 members (excludes halogenated alkanes) is 17. The molecule has 3 N–H and O–H groups in total. The Morgan fingerprint density at radius 1 is 0.484 bits per heavy atom. The van der Waals surface area contributed by atoms with Crippen LogP contribution in [0.1, 0.15) is 200 Å². The Kier molecular flexibility index (Phi) is 47.0. The standard InChI is InChI=1S/C54H92NO8P/c1-3-5-7-9-11-13-15-17-18-19-20-21-22-23-24-25-26-27-28-29-30-31-32-33-34-35-37-39-41-43-45-47-54(57)63-52(51-62-64(58,59)61-49-48-55)50-60-53(56)46-44-42-40-38-36-16-14-12-10-8-6-4-2/h5,7,11,13,17-18,20-21,23-24,26-27,29-30,32-33,52H,3-4,6,8-10,12,14-16,19,22,25,28,31,34-51,55H2,1-2H3,(H,58,59)/b7-5-,13-11-,18-17-,21-20-,24-23-,27-26-,30-29-,33-32-. The second-order valence-corrected chi connectivity index (χ2v) is 17.8. The molecule has 0 heterocycles. The molecule has 64 heavy (non-hydrogen) atoms. The lowest BCUT2D eigenvalue weighted by Crippen LogP contribution is -2.29. The van der Waals surface area contributed by atoms with Crippen molar-refractivity contribution >= 4 is 19.8 Å². The maximum Gasteiger partial charge on any atom is 0.472 e. The van der Waals surface area contributed by atoms with E-state index in [1.807, 2.05) is 0 Å². The Hall–Kier alpha value is -3.07. The maximum absolute atomic E-state index is 12.6. The van der Waals surface area contributed by atoms with Gasteiger partial charge < -0.3 is 20.1 Å². The van der Waals surface area contributed by atoms with Crippen LogP contribution in [-0.2, 0) is 32.7 Å². The van der Waals surface area contributed by atoms with E-state index in [4.69, 9.17) is 24.3 Å². The van der Waals surface area contributed by atoms with E-state index in [1.54, 1.807) is 0 Å². The lowest BCUT2D eigenvalue weighted by molar-refractivity contribution is -0.161. The van der Waals surface area contributed by atoms with Gasteiger partial charge in [-0.25, -0.2) is 4.57 Å². The summed E-state index contributed by atoms with van der Waals surface area (Å²) < 4.78 is 32.8. The third kappa shape index (κ3) is 48.4. The van der Waals surface area contributed by atoms with Crippen LogP contribution < -0.4 is 5.73 Å². The van der Waals surface area contributed by atoms with Crippen molar-refractivity contribution in [3.05, 3.63) is 97.2 Å². The first-order valence-corrected chi connectivity index (χ1v) is 26.7. The first-order valence-electron chi connectivity index (χ1n) is 25.2. The highest BCUT2D eigenvalue weighted by atomic mass is 31.2. The van der Waals surface area contributed by atoms with Gasteiger partial charge in [-0.3, -0.25) is 18.6 Å². The molecular formula is C54H92NO8P. The van der Waals surface area contributed by atoms with Crippen molar-refractivity contribution in [1.29, 1.82) is 0 Å². The molecule has 0 aromatic carbocycles. The van der Waals surface area contributed by atoms with E-state index in [0.717, 1.165) is 109 Å². The monoisotopic (exact) mass is 914 g/mol. The quantitative estimate of drug-likeness (QED) is 0.0265. The smallest absolute Gasteiger partial charge is 0.462 e. The summed E-state index contributed by atoms with van der Waals surface area (Å²) in [5, 5.41) is 0. The zero-order chi connectivity index (χ0) is 46.7. The number of nitrogens with two attached hydrogens (primary N) is 1. The van der Waals surface area contributed by atoms with Gasteiger partial charge in [0.2, 0.25) is 0 Å². The van der Waals surface area contributed by atoms with Gasteiger partial charge in [0.05, 0.1) is 13.2 Å². The second kappa shape index (κ2) is 49.4. The van der Waals surface area contributed by atoms with Crippen molar-refractivity contribution in [2.45, 2.75) is 206 Å². The zero-order valence-corrected chi connectivity index (χ0v) is 41.4. The average molecular weight is 914 g/mol. The predicted octanol–water partition coefficient (Wildman–Crippen LogP) is 15.3. The van der Waals surface area contributed by atoms with Crippen LogP contribution in [0, 0.1) is 0 Å². The van der Waals surface area contributed by atoms with Gasteiger partial charge in [-0.2, -0.15) is 0 Å². The van der Waals surface area contributed by atoms with Crippen molar-refractivity contribution in [2.24, 2.45) is 5.73 Å². The van der Waals surface area contributed by atoms with E-state index in [1.165, 1.54) is 57.8 Å². The number of phosphoric acid groups is 1. The lowest BCUT2D eigenvalue weighted by atomic mass is 10.0. The van der Waals surface area contributed by atoms with E-state index in [9.17, 15) is 19.0 Å². The molecule has 9 nitrogen and oxygen atoms in total. The summed E-state index contributed by atoms with van der Waals surface area (Å²) in [6.45, 7) is 3.59. The Morgan fingerprint density at radius 3 is 1.28 bits per heavy atom. The summed E-state index contributed by atoms with van der Waals surface area (Å²) in [7, 11) is -4.39. The molecule has 0 radical (unpaired) electrons. The SMILES string of the molecule is CC/C=C\C/C=C\C/C=C\C/C=C\C/C=C\C/C=C\C/C=C\C/C=C\CCCCCCCCC(=O)OC(COC(=O)CCCCCCCCCCCCCC)COP(=O)(O)OCCN. The first kappa shape index (κ1) is 60.9. The third-order valence-electron chi connectivity index (χ3n) is 10.2. The van der Waals surface area contributed by atoms with Crippen molar-refractivity contribution in [3.8, 4) is 0 Å². The largest absolute Gasteiger partial charge is 0.472 e. The second-order valence-electron chi connectivity index (χ2n) is 16.3. The van der Waals surface area contributed by atoms with Gasteiger partial charge in [-0.15, -0.1) is 0 Å². The van der Waals surface area contributed by atoms with E-state index in [-0.39, 0.29) is 38.6 Å². The van der Waals surface area contributed by atoms with Crippen LogP contribution in [0.2, 0.25) is 0 Å². The summed E-state index contributed by atoms with van der Waals surface area (Å²) in [6, 6.07) is 0. The Labute approximate surface area is 391 Å². The first-order chi connectivity index (χ1) is 31.3. The summed E-state index contributed by atoms with van der Waals surface area (Å²) in [5.74, 6) is -0.850. The van der Waals surface area contributed by atoms with E-state index >= 15 is 0 Å². The fourth-order valence-electron chi connectivity index (χ4n) is 6.53. The molecule has 0 fully saturated rings. The maximum atomic E-state index is 12.6. The fourth-order valence-corrected chi connectivity index (χ4v) is 7.30. The molecule has 0 spiro atoms. The molecule has 0 aromatic heterocycles.